The van der Waals surface area contributed by atoms with E-state index in [1.807, 2.05) is 41.3 Å². The zero-order chi connectivity index (χ0) is 21.4. The van der Waals surface area contributed by atoms with E-state index >= 15 is 0 Å². The van der Waals surface area contributed by atoms with Crippen molar-refractivity contribution in [3.63, 3.8) is 0 Å². The summed E-state index contributed by atoms with van der Waals surface area (Å²) in [4.78, 5) is 18.5. The van der Waals surface area contributed by atoms with E-state index in [0.717, 1.165) is 35.4 Å². The van der Waals surface area contributed by atoms with Gasteiger partial charge in [-0.1, -0.05) is 23.7 Å². The molecule has 7 heteroatoms. The summed E-state index contributed by atoms with van der Waals surface area (Å²) in [5, 5.41) is 8.95. The molecule has 1 amide bonds. The number of benzene rings is 2. The van der Waals surface area contributed by atoms with Crippen molar-refractivity contribution in [2.45, 2.75) is 18.8 Å². The molecule has 4 aromatic rings. The fraction of sp³-hybridized carbons (Fsp3) is 0.250. The molecule has 6 nitrogen and oxygen atoms in total. The summed E-state index contributed by atoms with van der Waals surface area (Å²) in [6.45, 7) is 1.43. The van der Waals surface area contributed by atoms with Crippen LogP contribution in [0.2, 0.25) is 5.02 Å². The van der Waals surface area contributed by atoms with Gasteiger partial charge >= 0.3 is 0 Å². The van der Waals surface area contributed by atoms with Gasteiger partial charge < -0.3 is 14.6 Å². The fourth-order valence-corrected chi connectivity index (χ4v) is 4.56. The Labute approximate surface area is 185 Å². The molecule has 1 fully saturated rings. The normalized spacial score (nSPS) is 14.8. The second-order valence-electron chi connectivity index (χ2n) is 7.89. The Morgan fingerprint density at radius 1 is 1.16 bits per heavy atom. The standard InChI is InChI=1S/C24H23ClN4O2/c1-31-18-6-7-22-19(12-18)20(13-26-22)15-8-10-29(11-9-15)24(30)21-14-27-28-23(21)16-2-4-17(25)5-3-16/h2-7,12-15,26H,8-11H2,1H3,(H,27,28). The molecule has 3 heterocycles. The minimum atomic E-state index is 0.0118. The molecule has 0 bridgehead atoms. The van der Waals surface area contributed by atoms with Crippen LogP contribution in [-0.2, 0) is 0 Å². The maximum atomic E-state index is 13.2. The van der Waals surface area contributed by atoms with Crippen LogP contribution in [0.25, 0.3) is 22.2 Å². The predicted molar refractivity (Wildman–Crippen MR) is 122 cm³/mol. The Morgan fingerprint density at radius 2 is 1.94 bits per heavy atom. The summed E-state index contributed by atoms with van der Waals surface area (Å²) < 4.78 is 5.40. The van der Waals surface area contributed by atoms with E-state index in [2.05, 4.69) is 27.4 Å². The maximum Gasteiger partial charge on any atom is 0.257 e. The van der Waals surface area contributed by atoms with E-state index in [9.17, 15) is 4.79 Å². The van der Waals surface area contributed by atoms with Gasteiger partial charge in [0, 0.05) is 40.8 Å². The number of carbonyl (C=O) groups is 1. The number of hydrogen-bond donors (Lipinski definition) is 2. The largest absolute Gasteiger partial charge is 0.497 e. The number of fused-ring (bicyclic) bond motifs is 1. The van der Waals surface area contributed by atoms with E-state index in [4.69, 9.17) is 16.3 Å². The van der Waals surface area contributed by atoms with Crippen LogP contribution in [0.1, 0.15) is 34.7 Å². The van der Waals surface area contributed by atoms with Gasteiger partial charge in [0.25, 0.3) is 5.91 Å². The van der Waals surface area contributed by atoms with Crippen molar-refractivity contribution in [1.29, 1.82) is 0 Å². The molecule has 2 aromatic heterocycles. The smallest absolute Gasteiger partial charge is 0.257 e. The van der Waals surface area contributed by atoms with Crippen LogP contribution in [0.15, 0.2) is 54.9 Å². The number of aromatic amines is 2. The Kier molecular flexibility index (Phi) is 5.16. The minimum Gasteiger partial charge on any atom is -0.497 e. The Bertz CT molecular complexity index is 1220. The van der Waals surface area contributed by atoms with Crippen LogP contribution in [0, 0.1) is 0 Å². The van der Waals surface area contributed by atoms with E-state index in [1.165, 1.54) is 10.9 Å². The molecule has 2 N–H and O–H groups in total. The molecule has 158 valence electrons. The molecule has 31 heavy (non-hydrogen) atoms. The highest BCUT2D eigenvalue weighted by atomic mass is 35.5. The first-order valence-corrected chi connectivity index (χ1v) is 10.8. The van der Waals surface area contributed by atoms with Gasteiger partial charge in [-0.2, -0.15) is 5.10 Å². The first-order chi connectivity index (χ1) is 15.1. The van der Waals surface area contributed by atoms with Crippen LogP contribution < -0.4 is 4.74 Å². The molecule has 1 aliphatic heterocycles. The van der Waals surface area contributed by atoms with Gasteiger partial charge in [-0.15, -0.1) is 0 Å². The molecule has 0 unspecified atom stereocenters. The highest BCUT2D eigenvalue weighted by Crippen LogP contribution is 2.35. The molecule has 0 spiro atoms. The lowest BCUT2D eigenvalue weighted by atomic mass is 9.89. The maximum absolute atomic E-state index is 13.2. The lowest BCUT2D eigenvalue weighted by Crippen LogP contribution is -2.38. The van der Waals surface area contributed by atoms with Crippen LogP contribution in [0.5, 0.6) is 5.75 Å². The van der Waals surface area contributed by atoms with E-state index < -0.39 is 0 Å². The average Bonchev–Trinajstić information content (AvgIpc) is 3.46. The van der Waals surface area contributed by atoms with Crippen molar-refractivity contribution in [3.05, 3.63) is 71.0 Å². The van der Waals surface area contributed by atoms with Crippen LogP contribution >= 0.6 is 11.6 Å². The van der Waals surface area contributed by atoms with Gasteiger partial charge in [0.05, 0.1) is 24.6 Å². The van der Waals surface area contributed by atoms with Crippen molar-refractivity contribution in [2.24, 2.45) is 0 Å². The number of halogens is 1. The highest BCUT2D eigenvalue weighted by Gasteiger charge is 2.28. The number of ether oxygens (including phenoxy) is 1. The molecule has 1 aliphatic rings. The topological polar surface area (TPSA) is 74.0 Å². The molecule has 0 aliphatic carbocycles. The minimum absolute atomic E-state index is 0.0118. The number of aromatic nitrogens is 3. The molecule has 1 saturated heterocycles. The number of nitrogens with one attached hydrogen (secondary N) is 2. The molecule has 5 rings (SSSR count). The van der Waals surface area contributed by atoms with Crippen molar-refractivity contribution < 1.29 is 9.53 Å². The molecular formula is C24H23ClN4O2. The fourth-order valence-electron chi connectivity index (χ4n) is 4.43. The number of methoxy groups -OCH3 is 1. The summed E-state index contributed by atoms with van der Waals surface area (Å²) in [5.74, 6) is 1.28. The number of rotatable bonds is 4. The number of amides is 1. The number of likely N-dealkylation sites (tertiary alicyclic amines) is 1. The monoisotopic (exact) mass is 434 g/mol. The van der Waals surface area contributed by atoms with Gasteiger partial charge in [0.1, 0.15) is 5.75 Å². The summed E-state index contributed by atoms with van der Waals surface area (Å²) in [5.41, 5.74) is 4.63. The molecule has 2 aromatic carbocycles. The van der Waals surface area contributed by atoms with E-state index in [1.54, 1.807) is 13.3 Å². The molecule has 0 atom stereocenters. The first-order valence-electron chi connectivity index (χ1n) is 10.4. The summed E-state index contributed by atoms with van der Waals surface area (Å²) >= 11 is 6.00. The van der Waals surface area contributed by atoms with Gasteiger partial charge in [-0.3, -0.25) is 9.89 Å². The number of piperidine rings is 1. The highest BCUT2D eigenvalue weighted by molar-refractivity contribution is 6.30. The Hall–Kier alpha value is -3.25. The van der Waals surface area contributed by atoms with Crippen LogP contribution in [0.4, 0.5) is 0 Å². The summed E-state index contributed by atoms with van der Waals surface area (Å²) in [6, 6.07) is 13.5. The van der Waals surface area contributed by atoms with Crippen molar-refractivity contribution in [3.8, 4) is 17.0 Å². The summed E-state index contributed by atoms with van der Waals surface area (Å²) in [6.07, 6.45) is 5.55. The van der Waals surface area contributed by atoms with Gasteiger partial charge in [0.15, 0.2) is 0 Å². The van der Waals surface area contributed by atoms with Crippen LogP contribution in [-0.4, -0.2) is 46.2 Å². The van der Waals surface area contributed by atoms with E-state index in [-0.39, 0.29) is 5.91 Å². The number of nitrogens with zero attached hydrogens (tertiary/aromatic N) is 2. The molecule has 0 saturated carbocycles. The van der Waals surface area contributed by atoms with Gasteiger partial charge in [-0.05, 0) is 54.7 Å². The van der Waals surface area contributed by atoms with Gasteiger partial charge in [-0.25, -0.2) is 0 Å². The molecular weight excluding hydrogens is 412 g/mol. The number of H-pyrrole nitrogens is 2. The van der Waals surface area contributed by atoms with E-state index in [0.29, 0.717) is 29.6 Å². The summed E-state index contributed by atoms with van der Waals surface area (Å²) in [7, 11) is 1.69. The quantitative estimate of drug-likeness (QED) is 0.461. The Morgan fingerprint density at radius 3 is 2.68 bits per heavy atom. The Balaban J connectivity index is 1.32. The predicted octanol–water partition coefficient (Wildman–Crippen LogP) is 5.24. The number of hydrogen-bond acceptors (Lipinski definition) is 3. The zero-order valence-corrected chi connectivity index (χ0v) is 17.9. The number of carbonyl (C=O) groups excluding carboxylic acids is 1. The molecule has 0 radical (unpaired) electrons. The van der Waals surface area contributed by atoms with Gasteiger partial charge in [0.2, 0.25) is 0 Å². The third kappa shape index (κ3) is 3.68. The first kappa shape index (κ1) is 19.7. The SMILES string of the molecule is COc1ccc2[nH]cc(C3CCN(C(=O)c4cn[nH]c4-c4ccc(Cl)cc4)CC3)c2c1. The van der Waals surface area contributed by atoms with Crippen LogP contribution in [0.3, 0.4) is 0 Å². The lowest BCUT2D eigenvalue weighted by Gasteiger charge is -2.32. The second kappa shape index (κ2) is 8.12. The van der Waals surface area contributed by atoms with Crippen molar-refractivity contribution in [1.82, 2.24) is 20.1 Å². The third-order valence-corrected chi connectivity index (χ3v) is 6.40. The average molecular weight is 435 g/mol. The van der Waals surface area contributed by atoms with Crippen molar-refractivity contribution in [2.75, 3.05) is 20.2 Å². The van der Waals surface area contributed by atoms with Crippen molar-refractivity contribution >= 4 is 28.4 Å². The lowest BCUT2D eigenvalue weighted by molar-refractivity contribution is 0.0714. The third-order valence-electron chi connectivity index (χ3n) is 6.15. The second-order valence-corrected chi connectivity index (χ2v) is 8.32. The zero-order valence-electron chi connectivity index (χ0n) is 17.2.